The van der Waals surface area contributed by atoms with E-state index in [4.69, 9.17) is 10.5 Å². The first-order valence-corrected chi connectivity index (χ1v) is 5.15. The van der Waals surface area contributed by atoms with Crippen molar-refractivity contribution in [2.45, 2.75) is 51.7 Å². The van der Waals surface area contributed by atoms with Gasteiger partial charge in [0.1, 0.15) is 0 Å². The minimum Gasteiger partial charge on any atom is -0.378 e. The van der Waals surface area contributed by atoms with Crippen LogP contribution in [0.25, 0.3) is 0 Å². The molecule has 0 aromatic rings. The maximum absolute atomic E-state index is 5.89. The van der Waals surface area contributed by atoms with Crippen molar-refractivity contribution in [1.82, 2.24) is 0 Å². The number of hydrogen-bond acceptors (Lipinski definition) is 2. The van der Waals surface area contributed by atoms with Gasteiger partial charge >= 0.3 is 0 Å². The van der Waals surface area contributed by atoms with Crippen LogP contribution in [0.1, 0.15) is 39.5 Å². The molecule has 0 aromatic carbocycles. The summed E-state index contributed by atoms with van der Waals surface area (Å²) >= 11 is 0. The highest BCUT2D eigenvalue weighted by Crippen LogP contribution is 2.24. The molecule has 12 heavy (non-hydrogen) atoms. The largest absolute Gasteiger partial charge is 0.378 e. The summed E-state index contributed by atoms with van der Waals surface area (Å²) in [5.74, 6) is 0.719. The predicted octanol–water partition coefficient (Wildman–Crippen LogP) is 1.93. The Kier molecular flexibility index (Phi) is 4.02. The molecular weight excluding hydrogens is 150 g/mol. The molecule has 1 heterocycles. The summed E-state index contributed by atoms with van der Waals surface area (Å²) in [5, 5.41) is 0. The molecule has 0 aliphatic carbocycles. The van der Waals surface area contributed by atoms with E-state index in [9.17, 15) is 0 Å². The van der Waals surface area contributed by atoms with Crippen molar-refractivity contribution in [2.24, 2.45) is 11.7 Å². The molecule has 0 bridgehead atoms. The van der Waals surface area contributed by atoms with E-state index in [0.717, 1.165) is 25.4 Å². The second-order valence-corrected chi connectivity index (χ2v) is 3.77. The molecule has 0 spiro atoms. The summed E-state index contributed by atoms with van der Waals surface area (Å²) in [4.78, 5) is 0. The van der Waals surface area contributed by atoms with Crippen LogP contribution < -0.4 is 5.73 Å². The van der Waals surface area contributed by atoms with Gasteiger partial charge in [0.05, 0.1) is 6.10 Å². The van der Waals surface area contributed by atoms with Gasteiger partial charge in [0, 0.05) is 12.6 Å². The molecule has 1 saturated heterocycles. The third-order valence-electron chi connectivity index (χ3n) is 2.93. The highest BCUT2D eigenvalue weighted by atomic mass is 16.5. The monoisotopic (exact) mass is 171 g/mol. The molecular formula is C10H21NO. The van der Waals surface area contributed by atoms with Crippen LogP contribution in [-0.4, -0.2) is 18.8 Å². The van der Waals surface area contributed by atoms with Crippen LogP contribution in [0.3, 0.4) is 0 Å². The lowest BCUT2D eigenvalue weighted by molar-refractivity contribution is -0.0296. The zero-order valence-corrected chi connectivity index (χ0v) is 8.25. The van der Waals surface area contributed by atoms with Crippen molar-refractivity contribution in [3.8, 4) is 0 Å². The van der Waals surface area contributed by atoms with Crippen molar-refractivity contribution in [2.75, 3.05) is 6.61 Å². The van der Waals surface area contributed by atoms with Crippen LogP contribution in [0, 0.1) is 5.92 Å². The van der Waals surface area contributed by atoms with Gasteiger partial charge in [-0.15, -0.1) is 0 Å². The number of hydrogen-bond donors (Lipinski definition) is 1. The molecule has 2 heteroatoms. The second kappa shape index (κ2) is 4.83. The quantitative estimate of drug-likeness (QED) is 0.704. The van der Waals surface area contributed by atoms with E-state index in [1.165, 1.54) is 12.8 Å². The fourth-order valence-corrected chi connectivity index (χ4v) is 2.00. The van der Waals surface area contributed by atoms with E-state index in [2.05, 4.69) is 13.8 Å². The molecule has 2 nitrogen and oxygen atoms in total. The Bertz CT molecular complexity index is 123. The summed E-state index contributed by atoms with van der Waals surface area (Å²) in [5.41, 5.74) is 5.89. The Hall–Kier alpha value is -0.0800. The van der Waals surface area contributed by atoms with Crippen LogP contribution >= 0.6 is 0 Å². The zero-order valence-electron chi connectivity index (χ0n) is 8.25. The molecule has 72 valence electrons. The van der Waals surface area contributed by atoms with Crippen molar-refractivity contribution < 1.29 is 4.74 Å². The predicted molar refractivity (Wildman–Crippen MR) is 51.0 cm³/mol. The fraction of sp³-hybridized carbons (Fsp3) is 1.00. The van der Waals surface area contributed by atoms with Crippen LogP contribution in [-0.2, 0) is 4.74 Å². The molecule has 2 atom stereocenters. The fourth-order valence-electron chi connectivity index (χ4n) is 2.00. The van der Waals surface area contributed by atoms with Gasteiger partial charge < -0.3 is 10.5 Å². The minimum atomic E-state index is 0.379. The Labute approximate surface area is 75.5 Å². The molecule has 0 saturated carbocycles. The summed E-state index contributed by atoms with van der Waals surface area (Å²) < 4.78 is 5.71. The maximum Gasteiger partial charge on any atom is 0.0617 e. The van der Waals surface area contributed by atoms with Gasteiger partial charge in [-0.3, -0.25) is 0 Å². The van der Waals surface area contributed by atoms with Crippen LogP contribution in [0.15, 0.2) is 0 Å². The van der Waals surface area contributed by atoms with Crippen molar-refractivity contribution >= 4 is 0 Å². The smallest absolute Gasteiger partial charge is 0.0617 e. The van der Waals surface area contributed by atoms with Crippen LogP contribution in [0.2, 0.25) is 0 Å². The van der Waals surface area contributed by atoms with E-state index in [0.29, 0.717) is 12.1 Å². The van der Waals surface area contributed by atoms with E-state index >= 15 is 0 Å². The van der Waals surface area contributed by atoms with E-state index in [1.807, 2.05) is 0 Å². The van der Waals surface area contributed by atoms with Crippen molar-refractivity contribution in [3.05, 3.63) is 0 Å². The van der Waals surface area contributed by atoms with Gasteiger partial charge in [-0.05, 0) is 18.8 Å². The average molecular weight is 171 g/mol. The Balaban J connectivity index is 2.38. The number of rotatable bonds is 3. The first-order valence-electron chi connectivity index (χ1n) is 5.15. The van der Waals surface area contributed by atoms with E-state index in [1.54, 1.807) is 0 Å². The Morgan fingerprint density at radius 1 is 1.42 bits per heavy atom. The highest BCUT2D eigenvalue weighted by Gasteiger charge is 2.25. The third kappa shape index (κ3) is 2.46. The summed E-state index contributed by atoms with van der Waals surface area (Å²) in [6.07, 6.45) is 4.97. The van der Waals surface area contributed by atoms with Gasteiger partial charge in [-0.25, -0.2) is 0 Å². The average Bonchev–Trinajstić information content (AvgIpc) is 2.07. The lowest BCUT2D eigenvalue weighted by atomic mass is 9.90. The van der Waals surface area contributed by atoms with Gasteiger partial charge in [-0.2, -0.15) is 0 Å². The summed E-state index contributed by atoms with van der Waals surface area (Å²) in [6, 6.07) is 0.379. The Morgan fingerprint density at radius 3 is 2.58 bits per heavy atom. The van der Waals surface area contributed by atoms with E-state index in [-0.39, 0.29) is 0 Å². The van der Waals surface area contributed by atoms with Crippen LogP contribution in [0.4, 0.5) is 0 Å². The second-order valence-electron chi connectivity index (χ2n) is 3.77. The molecule has 1 aliphatic rings. The lowest BCUT2D eigenvalue weighted by Gasteiger charge is -2.32. The number of ether oxygens (including phenoxy) is 1. The zero-order chi connectivity index (χ0) is 8.97. The van der Waals surface area contributed by atoms with Crippen molar-refractivity contribution in [1.29, 1.82) is 0 Å². The molecule has 0 amide bonds. The third-order valence-corrected chi connectivity index (χ3v) is 2.93. The standard InChI is InChI=1S/C10H21NO/c1-3-8(4-2)10-7-9(11)5-6-12-10/h8-10H,3-7,11H2,1-2H3/t9-,10-/m0/s1. The molecule has 1 fully saturated rings. The van der Waals surface area contributed by atoms with Gasteiger partial charge in [-0.1, -0.05) is 26.7 Å². The molecule has 0 radical (unpaired) electrons. The molecule has 0 unspecified atom stereocenters. The van der Waals surface area contributed by atoms with E-state index < -0.39 is 0 Å². The van der Waals surface area contributed by atoms with Crippen LogP contribution in [0.5, 0.6) is 0 Å². The molecule has 0 aromatic heterocycles. The topological polar surface area (TPSA) is 35.2 Å². The summed E-state index contributed by atoms with van der Waals surface area (Å²) in [7, 11) is 0. The molecule has 1 rings (SSSR count). The SMILES string of the molecule is CCC(CC)[C@@H]1C[C@@H](N)CCO1. The first kappa shape index (κ1) is 10.0. The highest BCUT2D eigenvalue weighted by molar-refractivity contribution is 4.78. The maximum atomic E-state index is 5.89. The molecule has 2 N–H and O–H groups in total. The minimum absolute atomic E-state index is 0.379. The van der Waals surface area contributed by atoms with Gasteiger partial charge in [0.25, 0.3) is 0 Å². The normalized spacial score (nSPS) is 31.0. The summed E-state index contributed by atoms with van der Waals surface area (Å²) in [6.45, 7) is 5.33. The number of nitrogens with two attached hydrogens (primary N) is 1. The lowest BCUT2D eigenvalue weighted by Crippen LogP contribution is -2.38. The van der Waals surface area contributed by atoms with Gasteiger partial charge in [0.2, 0.25) is 0 Å². The van der Waals surface area contributed by atoms with Crippen molar-refractivity contribution in [3.63, 3.8) is 0 Å². The van der Waals surface area contributed by atoms with Gasteiger partial charge in [0.15, 0.2) is 0 Å². The molecule has 1 aliphatic heterocycles. The Morgan fingerprint density at radius 2 is 2.08 bits per heavy atom. The first-order chi connectivity index (χ1) is 5.77.